The lowest BCUT2D eigenvalue weighted by Gasteiger charge is -2.20. The number of amides is 1. The van der Waals surface area contributed by atoms with Gasteiger partial charge in [0, 0.05) is 11.5 Å². The predicted octanol–water partition coefficient (Wildman–Crippen LogP) is 3.87. The van der Waals surface area contributed by atoms with E-state index in [1.54, 1.807) is 37.4 Å². The highest BCUT2D eigenvalue weighted by Crippen LogP contribution is 2.28. The number of para-hydroxylation sites is 2. The number of benzene rings is 2. The predicted molar refractivity (Wildman–Crippen MR) is 79.8 cm³/mol. The molecule has 0 aliphatic carbocycles. The maximum absolute atomic E-state index is 13.9. The fourth-order valence-corrected chi connectivity index (χ4v) is 2.19. The summed E-state index contributed by atoms with van der Waals surface area (Å²) < 4.78 is 19.6. The van der Waals surface area contributed by atoms with Crippen molar-refractivity contribution in [1.82, 2.24) is 0 Å². The Balaban J connectivity index is 2.37. The summed E-state index contributed by atoms with van der Waals surface area (Å²) in [7, 11) is 3.11. The van der Waals surface area contributed by atoms with Crippen LogP contribution in [0, 0.1) is 5.82 Å². The molecule has 0 fully saturated rings. The molecule has 0 atom stereocenters. The summed E-state index contributed by atoms with van der Waals surface area (Å²) in [6, 6.07) is 11.4. The Morgan fingerprint density at radius 3 is 2.60 bits per heavy atom. The summed E-state index contributed by atoms with van der Waals surface area (Å²) in [6.07, 6.45) is 0. The zero-order chi connectivity index (χ0) is 14.7. The molecule has 0 saturated heterocycles. The first-order valence-corrected chi connectivity index (χ1v) is 6.70. The van der Waals surface area contributed by atoms with Gasteiger partial charge in [-0.1, -0.05) is 28.1 Å². The van der Waals surface area contributed by atoms with Crippen LogP contribution in [0.2, 0.25) is 0 Å². The molecule has 20 heavy (non-hydrogen) atoms. The van der Waals surface area contributed by atoms with E-state index in [4.69, 9.17) is 4.74 Å². The molecule has 0 aliphatic heterocycles. The highest BCUT2D eigenvalue weighted by molar-refractivity contribution is 9.10. The normalized spacial score (nSPS) is 10.2. The van der Waals surface area contributed by atoms with Crippen LogP contribution in [0.15, 0.2) is 46.9 Å². The van der Waals surface area contributed by atoms with Gasteiger partial charge in [-0.15, -0.1) is 0 Å². The molecule has 0 spiro atoms. The highest BCUT2D eigenvalue weighted by atomic mass is 79.9. The van der Waals surface area contributed by atoms with Crippen LogP contribution >= 0.6 is 15.9 Å². The lowest BCUT2D eigenvalue weighted by molar-refractivity contribution is 0.0988. The van der Waals surface area contributed by atoms with Crippen LogP contribution < -0.4 is 9.64 Å². The summed E-state index contributed by atoms with van der Waals surface area (Å²) >= 11 is 3.17. The number of methoxy groups -OCH3 is 1. The minimum absolute atomic E-state index is 0.0154. The second kappa shape index (κ2) is 6.05. The van der Waals surface area contributed by atoms with Gasteiger partial charge in [0.2, 0.25) is 0 Å². The van der Waals surface area contributed by atoms with E-state index in [-0.39, 0.29) is 5.56 Å². The fourth-order valence-electron chi connectivity index (χ4n) is 1.86. The molecule has 0 heterocycles. The Bertz CT molecular complexity index is 646. The maximum Gasteiger partial charge on any atom is 0.261 e. The molecule has 2 aromatic rings. The molecule has 1 amide bonds. The van der Waals surface area contributed by atoms with E-state index in [2.05, 4.69) is 15.9 Å². The van der Waals surface area contributed by atoms with Gasteiger partial charge in [-0.2, -0.15) is 0 Å². The second-order valence-corrected chi connectivity index (χ2v) is 5.08. The number of halogens is 2. The van der Waals surface area contributed by atoms with Crippen LogP contribution in [0.5, 0.6) is 5.75 Å². The topological polar surface area (TPSA) is 29.5 Å². The van der Waals surface area contributed by atoms with Crippen LogP contribution in [0.25, 0.3) is 0 Å². The van der Waals surface area contributed by atoms with Gasteiger partial charge in [0.25, 0.3) is 5.91 Å². The fraction of sp³-hybridized carbons (Fsp3) is 0.133. The molecule has 0 N–H and O–H groups in total. The number of carbonyl (C=O) groups is 1. The van der Waals surface area contributed by atoms with E-state index in [0.29, 0.717) is 15.9 Å². The molecule has 0 saturated carbocycles. The smallest absolute Gasteiger partial charge is 0.261 e. The third kappa shape index (κ3) is 2.82. The number of ether oxygens (including phenoxy) is 1. The van der Waals surface area contributed by atoms with Crippen molar-refractivity contribution in [3.05, 3.63) is 58.3 Å². The van der Waals surface area contributed by atoms with Crippen molar-refractivity contribution in [3.8, 4) is 5.75 Å². The van der Waals surface area contributed by atoms with Crippen molar-refractivity contribution < 1.29 is 13.9 Å². The lowest BCUT2D eigenvalue weighted by Crippen LogP contribution is -2.27. The van der Waals surface area contributed by atoms with Crippen LogP contribution in [0.3, 0.4) is 0 Å². The van der Waals surface area contributed by atoms with Crippen molar-refractivity contribution >= 4 is 27.5 Å². The van der Waals surface area contributed by atoms with Gasteiger partial charge in [-0.05, 0) is 30.3 Å². The summed E-state index contributed by atoms with van der Waals surface area (Å²) in [4.78, 5) is 13.7. The van der Waals surface area contributed by atoms with Crippen molar-refractivity contribution in [3.63, 3.8) is 0 Å². The minimum atomic E-state index is -0.564. The zero-order valence-corrected chi connectivity index (χ0v) is 12.6. The largest absolute Gasteiger partial charge is 0.495 e. The van der Waals surface area contributed by atoms with Crippen molar-refractivity contribution in [2.45, 2.75) is 0 Å². The molecular weight excluding hydrogens is 325 g/mol. The quantitative estimate of drug-likeness (QED) is 0.850. The summed E-state index contributed by atoms with van der Waals surface area (Å²) in [6.45, 7) is 0. The molecule has 0 radical (unpaired) electrons. The van der Waals surface area contributed by atoms with E-state index in [1.165, 1.54) is 24.1 Å². The van der Waals surface area contributed by atoms with Gasteiger partial charge >= 0.3 is 0 Å². The number of carbonyl (C=O) groups excluding carboxylic acids is 1. The Morgan fingerprint density at radius 2 is 1.95 bits per heavy atom. The van der Waals surface area contributed by atoms with Gasteiger partial charge in [0.05, 0.1) is 18.4 Å². The second-order valence-electron chi connectivity index (χ2n) is 4.16. The van der Waals surface area contributed by atoms with Gasteiger partial charge in [0.15, 0.2) is 0 Å². The Hall–Kier alpha value is -1.88. The molecule has 2 rings (SSSR count). The van der Waals surface area contributed by atoms with Crippen molar-refractivity contribution in [1.29, 1.82) is 0 Å². The third-order valence-electron chi connectivity index (χ3n) is 2.91. The van der Waals surface area contributed by atoms with Gasteiger partial charge < -0.3 is 9.64 Å². The van der Waals surface area contributed by atoms with Crippen LogP contribution in [-0.4, -0.2) is 20.1 Å². The summed E-state index contributed by atoms with van der Waals surface area (Å²) in [5.74, 6) is -0.438. The summed E-state index contributed by atoms with van der Waals surface area (Å²) in [5.41, 5.74) is 0.601. The number of hydrogen-bond acceptors (Lipinski definition) is 2. The van der Waals surface area contributed by atoms with Gasteiger partial charge in [-0.25, -0.2) is 4.39 Å². The number of anilines is 1. The van der Waals surface area contributed by atoms with E-state index in [1.807, 2.05) is 0 Å². The number of rotatable bonds is 3. The lowest BCUT2D eigenvalue weighted by atomic mass is 10.1. The van der Waals surface area contributed by atoms with E-state index in [0.717, 1.165) is 0 Å². The monoisotopic (exact) mass is 337 g/mol. The standard InChI is InChI=1S/C15H13BrFNO2/c1-18(13-5-3-4-6-14(13)20-2)15(19)11-8-7-10(16)9-12(11)17/h3-9H,1-2H3. The molecule has 2 aromatic carbocycles. The van der Waals surface area contributed by atoms with Crippen LogP contribution in [0.1, 0.15) is 10.4 Å². The zero-order valence-electron chi connectivity index (χ0n) is 11.1. The third-order valence-corrected chi connectivity index (χ3v) is 3.41. The first kappa shape index (κ1) is 14.5. The van der Waals surface area contributed by atoms with E-state index < -0.39 is 11.7 Å². The van der Waals surface area contributed by atoms with Gasteiger partial charge in [0.1, 0.15) is 11.6 Å². The highest BCUT2D eigenvalue weighted by Gasteiger charge is 2.19. The Kier molecular flexibility index (Phi) is 4.39. The average molecular weight is 338 g/mol. The SMILES string of the molecule is COc1ccccc1N(C)C(=O)c1ccc(Br)cc1F. The molecule has 0 aromatic heterocycles. The maximum atomic E-state index is 13.9. The molecule has 5 heteroatoms. The first-order valence-electron chi connectivity index (χ1n) is 5.90. The summed E-state index contributed by atoms with van der Waals surface area (Å²) in [5, 5.41) is 0. The molecule has 0 bridgehead atoms. The first-order chi connectivity index (χ1) is 9.54. The van der Waals surface area contributed by atoms with E-state index >= 15 is 0 Å². The Labute approximate surface area is 125 Å². The number of hydrogen-bond donors (Lipinski definition) is 0. The molecule has 0 aliphatic rings. The van der Waals surface area contributed by atoms with Crippen molar-refractivity contribution in [2.24, 2.45) is 0 Å². The molecule has 3 nitrogen and oxygen atoms in total. The average Bonchev–Trinajstić information content (AvgIpc) is 2.45. The van der Waals surface area contributed by atoms with E-state index in [9.17, 15) is 9.18 Å². The molecule has 0 unspecified atom stereocenters. The van der Waals surface area contributed by atoms with Gasteiger partial charge in [-0.3, -0.25) is 4.79 Å². The molecule has 104 valence electrons. The molecular formula is C15H13BrFNO2. The number of nitrogens with zero attached hydrogens (tertiary/aromatic N) is 1. The van der Waals surface area contributed by atoms with Crippen LogP contribution in [-0.2, 0) is 0 Å². The Morgan fingerprint density at radius 1 is 1.25 bits per heavy atom. The van der Waals surface area contributed by atoms with Crippen molar-refractivity contribution in [2.75, 3.05) is 19.1 Å². The minimum Gasteiger partial charge on any atom is -0.495 e. The van der Waals surface area contributed by atoms with Crippen LogP contribution in [0.4, 0.5) is 10.1 Å².